The molecular weight excluding hydrogens is 418 g/mol. The van der Waals surface area contributed by atoms with Crippen molar-refractivity contribution in [1.29, 1.82) is 0 Å². The Bertz CT molecular complexity index is 1090. The quantitative estimate of drug-likeness (QED) is 0.399. The van der Waals surface area contributed by atoms with E-state index >= 15 is 0 Å². The van der Waals surface area contributed by atoms with Crippen LogP contribution in [0.2, 0.25) is 0 Å². The van der Waals surface area contributed by atoms with Gasteiger partial charge in [0.05, 0.1) is 23.7 Å². The summed E-state index contributed by atoms with van der Waals surface area (Å²) in [5.41, 5.74) is 1.06. The summed E-state index contributed by atoms with van der Waals surface area (Å²) < 4.78 is 5.71. The van der Waals surface area contributed by atoms with E-state index in [4.69, 9.17) is 4.74 Å². The highest BCUT2D eigenvalue weighted by Crippen LogP contribution is 2.29. The number of para-hydroxylation sites is 1. The van der Waals surface area contributed by atoms with Crippen LogP contribution >= 0.6 is 11.3 Å². The molecule has 0 unspecified atom stereocenters. The van der Waals surface area contributed by atoms with Gasteiger partial charge in [0, 0.05) is 28.7 Å². The largest absolute Gasteiger partial charge is 0.477 e. The molecule has 5 rings (SSSR count). The number of benzene rings is 1. The number of thiazole rings is 1. The van der Waals surface area contributed by atoms with Crippen LogP contribution < -0.4 is 10.1 Å². The van der Waals surface area contributed by atoms with Crippen molar-refractivity contribution in [3.8, 4) is 18.7 Å². The van der Waals surface area contributed by atoms with Crippen LogP contribution in [0.5, 0.6) is 5.88 Å². The van der Waals surface area contributed by atoms with E-state index < -0.39 is 0 Å². The predicted molar refractivity (Wildman–Crippen MR) is 131 cm³/mol. The monoisotopic (exact) mass is 445 g/mol. The summed E-state index contributed by atoms with van der Waals surface area (Å²) in [6.45, 7) is 5.38. The van der Waals surface area contributed by atoms with E-state index in [-0.39, 0.29) is 0 Å². The van der Waals surface area contributed by atoms with Gasteiger partial charge in [-0.1, -0.05) is 24.3 Å². The third-order valence-electron chi connectivity index (χ3n) is 4.60. The maximum absolute atomic E-state index is 5.71. The molecule has 7 heteroatoms. The van der Waals surface area contributed by atoms with Gasteiger partial charge in [0.15, 0.2) is 0 Å². The lowest BCUT2D eigenvalue weighted by atomic mass is 10.2. The second-order valence-electron chi connectivity index (χ2n) is 7.29. The minimum Gasteiger partial charge on any atom is -0.477 e. The summed E-state index contributed by atoms with van der Waals surface area (Å²) in [6, 6.07) is 13.9. The molecule has 1 saturated carbocycles. The van der Waals surface area contributed by atoms with Crippen molar-refractivity contribution >= 4 is 28.1 Å². The zero-order chi connectivity index (χ0) is 22.8. The van der Waals surface area contributed by atoms with Gasteiger partial charge in [0.1, 0.15) is 11.6 Å². The molecule has 1 fully saturated rings. The zero-order valence-electron chi connectivity index (χ0n) is 18.4. The SMILES string of the molecule is C#C.Cc1nc(NCc2cnc(C)s2)cc(OCC2CC2)n1.c1ccc2ncccc2c1. The summed E-state index contributed by atoms with van der Waals surface area (Å²) in [4.78, 5) is 18.3. The molecule has 0 spiro atoms. The number of ether oxygens (including phenoxy) is 1. The number of anilines is 1. The van der Waals surface area contributed by atoms with E-state index in [1.54, 1.807) is 11.3 Å². The molecule has 0 aliphatic heterocycles. The number of aromatic nitrogens is 4. The molecule has 3 heterocycles. The number of fused-ring (bicyclic) bond motifs is 1. The third kappa shape index (κ3) is 7.33. The molecular formula is C25H27N5OS. The van der Waals surface area contributed by atoms with E-state index in [0.29, 0.717) is 5.88 Å². The number of pyridine rings is 1. The summed E-state index contributed by atoms with van der Waals surface area (Å²) in [5, 5.41) is 5.58. The Morgan fingerprint density at radius 1 is 1.06 bits per heavy atom. The fraction of sp³-hybridized carbons (Fsp3) is 0.280. The first-order valence-electron chi connectivity index (χ1n) is 10.4. The Hall–Kier alpha value is -3.50. The summed E-state index contributed by atoms with van der Waals surface area (Å²) in [5.74, 6) is 2.91. The van der Waals surface area contributed by atoms with Crippen LogP contribution in [0.15, 0.2) is 54.9 Å². The van der Waals surface area contributed by atoms with E-state index in [2.05, 4.69) is 50.2 Å². The number of hydrogen-bond acceptors (Lipinski definition) is 7. The minimum atomic E-state index is 0.660. The lowest BCUT2D eigenvalue weighted by molar-refractivity contribution is 0.287. The van der Waals surface area contributed by atoms with Gasteiger partial charge in [-0.2, -0.15) is 4.98 Å². The Morgan fingerprint density at radius 2 is 1.84 bits per heavy atom. The van der Waals surface area contributed by atoms with Crippen LogP contribution in [0, 0.1) is 32.6 Å². The smallest absolute Gasteiger partial charge is 0.218 e. The molecule has 6 nitrogen and oxygen atoms in total. The van der Waals surface area contributed by atoms with Crippen molar-refractivity contribution in [2.75, 3.05) is 11.9 Å². The summed E-state index contributed by atoms with van der Waals surface area (Å²) >= 11 is 1.69. The number of terminal acetylenes is 1. The third-order valence-corrected chi connectivity index (χ3v) is 5.52. The number of hydrogen-bond donors (Lipinski definition) is 1. The first kappa shape index (κ1) is 23.2. The maximum atomic E-state index is 5.71. The van der Waals surface area contributed by atoms with Gasteiger partial charge in [-0.15, -0.1) is 24.2 Å². The topological polar surface area (TPSA) is 72.8 Å². The van der Waals surface area contributed by atoms with Crippen molar-refractivity contribution in [1.82, 2.24) is 19.9 Å². The normalized spacial score (nSPS) is 12.1. The molecule has 0 atom stereocenters. The zero-order valence-corrected chi connectivity index (χ0v) is 19.2. The molecule has 0 saturated heterocycles. The summed E-state index contributed by atoms with van der Waals surface area (Å²) in [6.07, 6.45) is 14.3. The van der Waals surface area contributed by atoms with Gasteiger partial charge in [-0.3, -0.25) is 4.98 Å². The fourth-order valence-corrected chi connectivity index (χ4v) is 3.61. The molecule has 1 N–H and O–H groups in total. The maximum Gasteiger partial charge on any atom is 0.218 e. The number of rotatable bonds is 6. The van der Waals surface area contributed by atoms with Crippen molar-refractivity contribution in [2.45, 2.75) is 33.2 Å². The number of aryl methyl sites for hydroxylation is 2. The first-order valence-corrected chi connectivity index (χ1v) is 11.2. The van der Waals surface area contributed by atoms with Crippen molar-refractivity contribution in [2.24, 2.45) is 5.92 Å². The minimum absolute atomic E-state index is 0.660. The van der Waals surface area contributed by atoms with E-state index in [1.165, 1.54) is 23.1 Å². The van der Waals surface area contributed by atoms with E-state index in [0.717, 1.165) is 41.2 Å². The lowest BCUT2D eigenvalue weighted by Gasteiger charge is -2.08. The Kier molecular flexibility index (Phi) is 8.52. The van der Waals surface area contributed by atoms with Gasteiger partial charge < -0.3 is 10.1 Å². The first-order chi connectivity index (χ1) is 15.7. The molecule has 1 aliphatic carbocycles. The fourth-order valence-electron chi connectivity index (χ4n) is 2.87. The molecule has 32 heavy (non-hydrogen) atoms. The molecule has 164 valence electrons. The Balaban J connectivity index is 0.000000201. The van der Waals surface area contributed by atoms with Crippen LogP contribution in [-0.2, 0) is 6.54 Å². The van der Waals surface area contributed by atoms with Crippen molar-refractivity contribution in [3.05, 3.63) is 70.6 Å². The van der Waals surface area contributed by atoms with Gasteiger partial charge in [-0.05, 0) is 44.7 Å². The Morgan fingerprint density at radius 3 is 2.56 bits per heavy atom. The summed E-state index contributed by atoms with van der Waals surface area (Å²) in [7, 11) is 0. The second kappa shape index (κ2) is 11.8. The lowest BCUT2D eigenvalue weighted by Crippen LogP contribution is -2.06. The van der Waals surface area contributed by atoms with Crippen LogP contribution in [0.4, 0.5) is 5.82 Å². The molecule has 1 aromatic carbocycles. The standard InChI is InChI=1S/C14H18N4OS.C9H7N.C2H2/c1-9-17-13(16-7-12-6-15-10(2)20-12)5-14(18-9)19-8-11-3-4-11;1-2-6-9-8(4-1)5-3-7-10-9;1-2/h5-6,11H,3-4,7-8H2,1-2H3,(H,16,17,18);1-7H;1-2H. The molecule has 3 aromatic heterocycles. The second-order valence-corrected chi connectivity index (χ2v) is 8.61. The van der Waals surface area contributed by atoms with Gasteiger partial charge >= 0.3 is 0 Å². The highest BCUT2D eigenvalue weighted by atomic mass is 32.1. The molecule has 0 amide bonds. The Labute approximate surface area is 193 Å². The molecule has 0 bridgehead atoms. The predicted octanol–water partition coefficient (Wildman–Crippen LogP) is 5.44. The van der Waals surface area contributed by atoms with Crippen molar-refractivity contribution < 1.29 is 4.74 Å². The average molecular weight is 446 g/mol. The van der Waals surface area contributed by atoms with Crippen LogP contribution in [-0.4, -0.2) is 26.5 Å². The van der Waals surface area contributed by atoms with Gasteiger partial charge in [0.2, 0.25) is 5.88 Å². The highest BCUT2D eigenvalue weighted by Gasteiger charge is 2.22. The van der Waals surface area contributed by atoms with Gasteiger partial charge in [-0.25, -0.2) is 9.97 Å². The van der Waals surface area contributed by atoms with Crippen LogP contribution in [0.1, 0.15) is 28.6 Å². The van der Waals surface area contributed by atoms with E-state index in [9.17, 15) is 0 Å². The van der Waals surface area contributed by atoms with Crippen molar-refractivity contribution in [3.63, 3.8) is 0 Å². The number of nitrogens with zero attached hydrogens (tertiary/aromatic N) is 4. The highest BCUT2D eigenvalue weighted by molar-refractivity contribution is 7.11. The molecule has 4 aromatic rings. The number of nitrogens with one attached hydrogen (secondary N) is 1. The van der Waals surface area contributed by atoms with E-state index in [1.807, 2.05) is 56.6 Å². The molecule has 1 aliphatic rings. The average Bonchev–Trinajstić information content (AvgIpc) is 3.57. The van der Waals surface area contributed by atoms with Gasteiger partial charge in [0.25, 0.3) is 0 Å². The van der Waals surface area contributed by atoms with Crippen LogP contribution in [0.25, 0.3) is 10.9 Å². The molecule has 0 radical (unpaired) electrons. The van der Waals surface area contributed by atoms with Crippen LogP contribution in [0.3, 0.4) is 0 Å².